The van der Waals surface area contributed by atoms with E-state index in [1.165, 1.54) is 14.1 Å². The molecular formula is C8H6B4N4O2. The molecule has 10 heteroatoms. The lowest BCUT2D eigenvalue weighted by molar-refractivity contribution is 0.702. The summed E-state index contributed by atoms with van der Waals surface area (Å²) in [6.07, 6.45) is 0. The van der Waals surface area contributed by atoms with Gasteiger partial charge in [0, 0.05) is 14.1 Å². The Morgan fingerprint density at radius 1 is 1.11 bits per heavy atom. The third kappa shape index (κ3) is 1.59. The second kappa shape index (κ2) is 3.70. The maximum atomic E-state index is 12.0. The Morgan fingerprint density at radius 3 is 2.17 bits per heavy atom. The van der Waals surface area contributed by atoms with Gasteiger partial charge in [-0.05, 0) is 0 Å². The van der Waals surface area contributed by atoms with E-state index in [2.05, 4.69) is 4.98 Å². The maximum Gasteiger partial charge on any atom is 0.332 e. The summed E-state index contributed by atoms with van der Waals surface area (Å²) < 4.78 is 3.05. The van der Waals surface area contributed by atoms with Crippen molar-refractivity contribution in [2.45, 2.75) is 5.24 Å². The van der Waals surface area contributed by atoms with Crippen molar-refractivity contribution >= 4 is 48.3 Å². The van der Waals surface area contributed by atoms with Gasteiger partial charge in [-0.15, -0.1) is 0 Å². The van der Waals surface area contributed by atoms with E-state index in [0.717, 1.165) is 13.7 Å². The van der Waals surface area contributed by atoms with Crippen LogP contribution in [-0.2, 0) is 19.3 Å². The van der Waals surface area contributed by atoms with Crippen LogP contribution in [0.15, 0.2) is 9.59 Å². The van der Waals surface area contributed by atoms with Crippen LogP contribution >= 0.6 is 0 Å². The molecule has 0 N–H and O–H groups in total. The fourth-order valence-electron chi connectivity index (χ4n) is 1.80. The molecule has 8 radical (unpaired) electrons. The summed E-state index contributed by atoms with van der Waals surface area (Å²) in [5, 5.41) is -1.89. The number of fused-ring (bicyclic) bond motifs is 1. The maximum absolute atomic E-state index is 12.0. The zero-order valence-electron chi connectivity index (χ0n) is 9.91. The molecule has 0 fully saturated rings. The molecule has 0 spiro atoms. The van der Waals surface area contributed by atoms with Crippen LogP contribution in [0.1, 0.15) is 0 Å². The second-order valence-corrected chi connectivity index (χ2v) is 4.07. The van der Waals surface area contributed by atoms with Crippen molar-refractivity contribution in [3.63, 3.8) is 0 Å². The molecule has 0 aliphatic rings. The smallest absolute Gasteiger partial charge is 0.332 e. The highest BCUT2D eigenvalue weighted by Crippen LogP contribution is 2.09. The summed E-state index contributed by atoms with van der Waals surface area (Å²) >= 11 is 0. The van der Waals surface area contributed by atoms with Crippen LogP contribution in [0, 0.1) is 0 Å². The third-order valence-corrected chi connectivity index (χ3v) is 2.67. The van der Waals surface area contributed by atoms with Gasteiger partial charge in [0.25, 0.3) is 5.56 Å². The molecule has 82 valence electrons. The third-order valence-electron chi connectivity index (χ3n) is 2.67. The van der Waals surface area contributed by atoms with Gasteiger partial charge in [0.2, 0.25) is 0 Å². The van der Waals surface area contributed by atoms with Crippen LogP contribution < -0.4 is 17.0 Å². The summed E-state index contributed by atoms with van der Waals surface area (Å²) in [6.45, 7) is 0. The van der Waals surface area contributed by atoms with Crippen LogP contribution in [0.25, 0.3) is 11.2 Å². The standard InChI is InChI=1S/C8H6B4N4O2/c1-14-4-3(5(17)15(2)7(14)18)16(6(9)13-4)8(10,11)12/h1-2H3. The fraction of sp³-hybridized carbons (Fsp3) is 0.375. The minimum absolute atomic E-state index is 0.0235. The molecule has 0 aromatic carbocycles. The first-order valence-corrected chi connectivity index (χ1v) is 4.97. The molecule has 0 bridgehead atoms. The van der Waals surface area contributed by atoms with Crippen molar-refractivity contribution < 1.29 is 0 Å². The summed E-state index contributed by atoms with van der Waals surface area (Å²) in [7, 11) is 25.0. The number of nitrogens with zero attached hydrogens (tertiary/aromatic N) is 4. The fourth-order valence-corrected chi connectivity index (χ4v) is 1.80. The molecule has 6 nitrogen and oxygen atoms in total. The summed E-state index contributed by atoms with van der Waals surface area (Å²) in [4.78, 5) is 27.7. The van der Waals surface area contributed by atoms with Gasteiger partial charge in [0.15, 0.2) is 13.5 Å². The summed E-state index contributed by atoms with van der Waals surface area (Å²) in [5.74, 6) is 0. The van der Waals surface area contributed by atoms with Gasteiger partial charge in [0.05, 0.1) is 29.3 Å². The Kier molecular flexibility index (Phi) is 2.64. The topological polar surface area (TPSA) is 61.8 Å². The van der Waals surface area contributed by atoms with Crippen molar-refractivity contribution in [2.75, 3.05) is 0 Å². The molecule has 2 aromatic heterocycles. The van der Waals surface area contributed by atoms with Gasteiger partial charge in [-0.1, -0.05) is 5.24 Å². The average molecular weight is 233 g/mol. The molecule has 0 aliphatic carbocycles. The van der Waals surface area contributed by atoms with E-state index in [1.54, 1.807) is 0 Å². The van der Waals surface area contributed by atoms with Crippen molar-refractivity contribution in [2.24, 2.45) is 14.1 Å². The molecule has 0 amide bonds. The van der Waals surface area contributed by atoms with Gasteiger partial charge in [-0.2, -0.15) is 0 Å². The first-order valence-electron chi connectivity index (χ1n) is 4.97. The predicted molar refractivity (Wildman–Crippen MR) is 70.8 cm³/mol. The van der Waals surface area contributed by atoms with E-state index in [9.17, 15) is 9.59 Å². The zero-order chi connectivity index (χ0) is 13.8. The van der Waals surface area contributed by atoms with E-state index in [0.29, 0.717) is 0 Å². The first-order chi connectivity index (χ1) is 8.16. The van der Waals surface area contributed by atoms with Crippen LogP contribution in [0.4, 0.5) is 0 Å². The van der Waals surface area contributed by atoms with Crippen molar-refractivity contribution in [3.8, 4) is 0 Å². The number of aromatic nitrogens is 4. The molecule has 2 rings (SSSR count). The molecule has 2 heterocycles. The van der Waals surface area contributed by atoms with Gasteiger partial charge in [-0.25, -0.2) is 9.78 Å². The molecule has 0 unspecified atom stereocenters. The van der Waals surface area contributed by atoms with Crippen LogP contribution in [0.5, 0.6) is 0 Å². The monoisotopic (exact) mass is 234 g/mol. The van der Waals surface area contributed by atoms with E-state index in [1.807, 2.05) is 0 Å². The number of hydrogen-bond donors (Lipinski definition) is 0. The van der Waals surface area contributed by atoms with Crippen molar-refractivity contribution in [3.05, 3.63) is 20.8 Å². The molecule has 0 aliphatic heterocycles. The first kappa shape index (κ1) is 12.9. The number of hydrogen-bond acceptors (Lipinski definition) is 3. The van der Waals surface area contributed by atoms with Gasteiger partial charge in [0.1, 0.15) is 5.52 Å². The molecule has 0 saturated carbocycles. The van der Waals surface area contributed by atoms with E-state index in [-0.39, 0.29) is 16.9 Å². The second-order valence-electron chi connectivity index (χ2n) is 4.07. The lowest BCUT2D eigenvalue weighted by Gasteiger charge is -2.25. The average Bonchev–Trinajstić information content (AvgIpc) is 2.61. The SMILES string of the molecule is [B]c1nc2c(c(=O)n(C)c(=O)n2C)n1C([B])([B])[B]. The lowest BCUT2D eigenvalue weighted by atomic mass is 9.49. The number of rotatable bonds is 1. The number of imidazole rings is 1. The van der Waals surface area contributed by atoms with Gasteiger partial charge >= 0.3 is 5.69 Å². The quantitative estimate of drug-likeness (QED) is 0.476. The molecule has 0 atom stereocenters. The summed E-state index contributed by atoms with van der Waals surface area (Å²) in [5.41, 5.74) is -1.25. The molecular weight excluding hydrogens is 227 g/mol. The Hall–Kier alpha value is -1.59. The van der Waals surface area contributed by atoms with Gasteiger partial charge < -0.3 is 4.57 Å². The highest BCUT2D eigenvalue weighted by Gasteiger charge is 2.22. The normalized spacial score (nSPS) is 12.1. The van der Waals surface area contributed by atoms with E-state index in [4.69, 9.17) is 31.4 Å². The van der Waals surface area contributed by atoms with Crippen molar-refractivity contribution in [1.29, 1.82) is 0 Å². The minimum atomic E-state index is -1.89. The Balaban J connectivity index is 3.15. The van der Waals surface area contributed by atoms with E-state index < -0.39 is 16.5 Å². The van der Waals surface area contributed by atoms with Crippen LogP contribution in [0.2, 0.25) is 0 Å². The van der Waals surface area contributed by atoms with E-state index >= 15 is 0 Å². The lowest BCUT2D eigenvalue weighted by Crippen LogP contribution is -2.44. The molecule has 0 saturated heterocycles. The zero-order valence-corrected chi connectivity index (χ0v) is 9.91. The molecule has 2 aromatic rings. The Labute approximate surface area is 108 Å². The Bertz CT molecular complexity index is 752. The predicted octanol–water partition coefficient (Wildman–Crippen LogP) is -3.70. The largest absolute Gasteiger partial charge is 0.352 e. The molecule has 18 heavy (non-hydrogen) atoms. The van der Waals surface area contributed by atoms with Gasteiger partial charge in [-0.3, -0.25) is 13.9 Å². The highest BCUT2D eigenvalue weighted by molar-refractivity contribution is 6.57. The highest BCUT2D eigenvalue weighted by atomic mass is 16.2. The number of aryl methyl sites for hydroxylation is 1. The Morgan fingerprint density at radius 2 is 1.67 bits per heavy atom. The minimum Gasteiger partial charge on any atom is -0.352 e. The summed E-state index contributed by atoms with van der Waals surface area (Å²) in [6, 6.07) is 0. The van der Waals surface area contributed by atoms with Crippen molar-refractivity contribution in [1.82, 2.24) is 18.7 Å². The van der Waals surface area contributed by atoms with Crippen LogP contribution in [-0.4, -0.2) is 50.1 Å². The van der Waals surface area contributed by atoms with Crippen LogP contribution in [0.3, 0.4) is 0 Å².